The molecule has 0 saturated carbocycles. The number of hydrazone groups is 1. The number of nitrogens with two attached hydrogens (primary N) is 1. The summed E-state index contributed by atoms with van der Waals surface area (Å²) in [6, 6.07) is 13.2. The highest BCUT2D eigenvalue weighted by Crippen LogP contribution is 2.26. The average Bonchev–Trinajstić information content (AvgIpc) is 3.21. The summed E-state index contributed by atoms with van der Waals surface area (Å²) in [5, 5.41) is 11.5. The third-order valence-electron chi connectivity index (χ3n) is 4.53. The van der Waals surface area contributed by atoms with Gasteiger partial charge in [-0.05, 0) is 54.0 Å². The van der Waals surface area contributed by atoms with E-state index in [1.807, 2.05) is 42.5 Å². The van der Waals surface area contributed by atoms with Crippen molar-refractivity contribution >= 4 is 35.2 Å². The summed E-state index contributed by atoms with van der Waals surface area (Å²) in [4.78, 5) is 14.3. The molecule has 1 aromatic heterocycles. The van der Waals surface area contributed by atoms with Gasteiger partial charge in [0.2, 0.25) is 11.5 Å². The lowest BCUT2D eigenvalue weighted by Crippen LogP contribution is -2.22. The number of aromatic nitrogens is 2. The molecular weight excluding hydrogens is 420 g/mol. The number of carbonyl (C=O) groups excluding carboxylic acids is 1. The normalized spacial score (nSPS) is 10.9. The Balaban J connectivity index is 1.79. The Morgan fingerprint density at radius 2 is 1.97 bits per heavy atom. The molecule has 0 fully saturated rings. The molecular formula is C21H23ClN6O3. The molecule has 0 aliphatic rings. The Morgan fingerprint density at radius 3 is 2.61 bits per heavy atom. The molecule has 3 N–H and O–H groups in total. The molecule has 3 rings (SSSR count). The molecule has 0 bridgehead atoms. The average molecular weight is 443 g/mol. The molecule has 0 spiro atoms. The zero-order chi connectivity index (χ0) is 22.2. The van der Waals surface area contributed by atoms with E-state index in [9.17, 15) is 4.79 Å². The van der Waals surface area contributed by atoms with Crippen molar-refractivity contribution in [3.05, 3.63) is 64.3 Å². The highest BCUT2D eigenvalue weighted by Gasteiger charge is 2.15. The maximum absolute atomic E-state index is 12.0. The van der Waals surface area contributed by atoms with Gasteiger partial charge in [0.1, 0.15) is 12.4 Å². The first-order valence-corrected chi connectivity index (χ1v) is 10.1. The Kier molecular flexibility index (Phi) is 7.45. The van der Waals surface area contributed by atoms with E-state index in [0.29, 0.717) is 22.9 Å². The van der Waals surface area contributed by atoms with Gasteiger partial charge in [-0.2, -0.15) is 5.10 Å². The molecule has 0 saturated heterocycles. The lowest BCUT2D eigenvalue weighted by atomic mass is 10.1. The molecule has 0 aliphatic heterocycles. The Labute approximate surface area is 184 Å². The summed E-state index contributed by atoms with van der Waals surface area (Å²) in [6.45, 7) is 6.26. The van der Waals surface area contributed by atoms with Crippen LogP contribution >= 0.6 is 11.6 Å². The minimum atomic E-state index is -0.626. The third kappa shape index (κ3) is 5.73. The molecule has 2 aromatic carbocycles. The topological polar surface area (TPSA) is 119 Å². The van der Waals surface area contributed by atoms with E-state index in [1.165, 1.54) is 6.21 Å². The minimum absolute atomic E-state index is 0.108. The highest BCUT2D eigenvalue weighted by molar-refractivity contribution is 6.30. The fourth-order valence-corrected chi connectivity index (χ4v) is 2.97. The van der Waals surface area contributed by atoms with Gasteiger partial charge in [0.05, 0.1) is 6.21 Å². The number of anilines is 2. The van der Waals surface area contributed by atoms with Gasteiger partial charge in [-0.3, -0.25) is 4.79 Å². The van der Waals surface area contributed by atoms with Crippen molar-refractivity contribution in [1.29, 1.82) is 0 Å². The summed E-state index contributed by atoms with van der Waals surface area (Å²) in [6.07, 6.45) is 1.49. The van der Waals surface area contributed by atoms with Crippen LogP contribution in [0.1, 0.15) is 35.5 Å². The summed E-state index contributed by atoms with van der Waals surface area (Å²) >= 11 is 5.95. The number of hydrogen-bond donors (Lipinski definition) is 2. The van der Waals surface area contributed by atoms with Gasteiger partial charge in [0.15, 0.2) is 0 Å². The second-order valence-electron chi connectivity index (χ2n) is 6.51. The number of amides is 1. The maximum atomic E-state index is 12.0. The van der Waals surface area contributed by atoms with Gasteiger partial charge in [-0.1, -0.05) is 23.7 Å². The molecule has 10 heteroatoms. The van der Waals surface area contributed by atoms with Crippen LogP contribution in [0.5, 0.6) is 5.75 Å². The number of ether oxygens (including phenoxy) is 1. The van der Waals surface area contributed by atoms with Gasteiger partial charge in [-0.15, -0.1) is 0 Å². The van der Waals surface area contributed by atoms with E-state index in [1.54, 1.807) is 0 Å². The number of rotatable bonds is 9. The molecule has 1 heterocycles. The van der Waals surface area contributed by atoms with Crippen molar-refractivity contribution in [3.8, 4) is 5.75 Å². The second kappa shape index (κ2) is 10.4. The number of carbonyl (C=O) groups is 1. The molecule has 1 amide bonds. The Hall–Kier alpha value is -3.59. The Bertz CT molecular complexity index is 1050. The van der Waals surface area contributed by atoms with E-state index in [-0.39, 0.29) is 11.5 Å². The van der Waals surface area contributed by atoms with Gasteiger partial charge in [0, 0.05) is 35.4 Å². The zero-order valence-electron chi connectivity index (χ0n) is 17.2. The van der Waals surface area contributed by atoms with Crippen molar-refractivity contribution in [3.63, 3.8) is 0 Å². The van der Waals surface area contributed by atoms with Crippen molar-refractivity contribution in [2.45, 2.75) is 20.5 Å². The summed E-state index contributed by atoms with van der Waals surface area (Å²) in [7, 11) is 0. The van der Waals surface area contributed by atoms with E-state index in [0.717, 1.165) is 24.3 Å². The van der Waals surface area contributed by atoms with Crippen LogP contribution in [0, 0.1) is 0 Å². The minimum Gasteiger partial charge on any atom is -0.488 e. The molecule has 0 unspecified atom stereocenters. The van der Waals surface area contributed by atoms with E-state index >= 15 is 0 Å². The SMILES string of the molecule is CCN(CC)c1ccc(C=NNC(=O)c2nonc2N)c(OCc2ccc(Cl)cc2)c1. The standard InChI is InChI=1S/C21H23ClN6O3/c1-3-28(4-2)17-10-7-15(12-24-25-21(29)19-20(23)27-31-26-19)18(11-17)30-13-14-5-8-16(22)9-6-14/h5-12H,3-4,13H2,1-2H3,(H2,23,27)(H,25,29). The smallest absolute Gasteiger partial charge is 0.297 e. The summed E-state index contributed by atoms with van der Waals surface area (Å²) in [5.41, 5.74) is 10.4. The van der Waals surface area contributed by atoms with E-state index in [2.05, 4.69) is 44.2 Å². The molecule has 0 aliphatic carbocycles. The van der Waals surface area contributed by atoms with Gasteiger partial charge in [-0.25, -0.2) is 10.1 Å². The van der Waals surface area contributed by atoms with Gasteiger partial charge in [0.25, 0.3) is 5.91 Å². The van der Waals surface area contributed by atoms with Crippen molar-refractivity contribution < 1.29 is 14.2 Å². The summed E-state index contributed by atoms with van der Waals surface area (Å²) < 4.78 is 10.5. The van der Waals surface area contributed by atoms with Gasteiger partial charge >= 0.3 is 0 Å². The third-order valence-corrected chi connectivity index (χ3v) is 4.78. The van der Waals surface area contributed by atoms with E-state index < -0.39 is 5.91 Å². The van der Waals surface area contributed by atoms with Crippen LogP contribution in [-0.4, -0.2) is 35.5 Å². The van der Waals surface area contributed by atoms with E-state index in [4.69, 9.17) is 22.1 Å². The highest BCUT2D eigenvalue weighted by atomic mass is 35.5. The fraction of sp³-hybridized carbons (Fsp3) is 0.238. The zero-order valence-corrected chi connectivity index (χ0v) is 18.0. The summed E-state index contributed by atoms with van der Waals surface area (Å²) in [5.74, 6) is -0.110. The number of nitrogens with one attached hydrogen (secondary N) is 1. The van der Waals surface area contributed by atoms with Crippen LogP contribution in [0.2, 0.25) is 5.02 Å². The number of halogens is 1. The first-order chi connectivity index (χ1) is 15.0. The fourth-order valence-electron chi connectivity index (χ4n) is 2.85. The maximum Gasteiger partial charge on any atom is 0.297 e. The van der Waals surface area contributed by atoms with Crippen molar-refractivity contribution in [2.75, 3.05) is 23.7 Å². The van der Waals surface area contributed by atoms with Crippen LogP contribution < -0.4 is 20.8 Å². The predicted molar refractivity (Wildman–Crippen MR) is 120 cm³/mol. The van der Waals surface area contributed by atoms with Crippen LogP contribution in [0.4, 0.5) is 11.5 Å². The van der Waals surface area contributed by atoms with Crippen LogP contribution in [-0.2, 0) is 6.61 Å². The first kappa shape index (κ1) is 22.1. The molecule has 0 radical (unpaired) electrons. The molecule has 9 nitrogen and oxygen atoms in total. The lowest BCUT2D eigenvalue weighted by molar-refractivity contribution is 0.0946. The molecule has 0 atom stereocenters. The second-order valence-corrected chi connectivity index (χ2v) is 6.94. The molecule has 3 aromatic rings. The number of benzene rings is 2. The van der Waals surface area contributed by atoms with Crippen molar-refractivity contribution in [2.24, 2.45) is 5.10 Å². The molecule has 162 valence electrons. The predicted octanol–water partition coefficient (Wildman–Crippen LogP) is 3.49. The van der Waals surface area contributed by atoms with Crippen LogP contribution in [0.25, 0.3) is 0 Å². The van der Waals surface area contributed by atoms with Crippen molar-refractivity contribution in [1.82, 2.24) is 15.7 Å². The van der Waals surface area contributed by atoms with Gasteiger partial charge < -0.3 is 15.4 Å². The van der Waals surface area contributed by atoms with Crippen LogP contribution in [0.3, 0.4) is 0 Å². The monoisotopic (exact) mass is 442 g/mol. The number of hydrogen-bond acceptors (Lipinski definition) is 8. The molecule has 31 heavy (non-hydrogen) atoms. The quantitative estimate of drug-likeness (QED) is 0.384. The largest absolute Gasteiger partial charge is 0.488 e. The lowest BCUT2D eigenvalue weighted by Gasteiger charge is -2.22. The number of nitrogen functional groups attached to an aromatic ring is 1. The first-order valence-electron chi connectivity index (χ1n) is 9.69. The number of nitrogens with zero attached hydrogens (tertiary/aromatic N) is 4. The van der Waals surface area contributed by atoms with Crippen LogP contribution in [0.15, 0.2) is 52.2 Å². The Morgan fingerprint density at radius 1 is 1.23 bits per heavy atom.